The molecule has 3 rings (SSSR count). The lowest BCUT2D eigenvalue weighted by molar-refractivity contribution is -0.132. The zero-order valence-corrected chi connectivity index (χ0v) is 18.9. The summed E-state index contributed by atoms with van der Waals surface area (Å²) in [6.45, 7) is 1.78. The third kappa shape index (κ3) is 6.62. The molecule has 0 aromatic heterocycles. The summed E-state index contributed by atoms with van der Waals surface area (Å²) in [5, 5.41) is 3.67. The largest absolute Gasteiger partial charge is 0.492 e. The second-order valence-corrected chi connectivity index (χ2v) is 8.36. The van der Waals surface area contributed by atoms with Crippen molar-refractivity contribution in [3.05, 3.63) is 59.1 Å². The molecule has 1 aliphatic rings. The van der Waals surface area contributed by atoms with Gasteiger partial charge in [0.1, 0.15) is 5.75 Å². The standard InChI is InChI=1S/C24H30ClN3O3/c1-27(2)20-11-9-18(10-12-20)24(30)26-19-13-15-28(16-14-19)23(29)8-5-17-31-22-7-4-3-6-21(22)25/h3-4,6-7,9-12,19H,5,8,13-17H2,1-2H3,(H,26,30). The molecule has 7 heteroatoms. The Hall–Kier alpha value is -2.73. The number of hydrogen-bond donors (Lipinski definition) is 1. The minimum Gasteiger partial charge on any atom is -0.492 e. The van der Waals surface area contributed by atoms with E-state index in [-0.39, 0.29) is 17.9 Å². The summed E-state index contributed by atoms with van der Waals surface area (Å²) in [6.07, 6.45) is 2.62. The number of ether oxygens (including phenoxy) is 1. The van der Waals surface area contributed by atoms with Crippen molar-refractivity contribution in [1.29, 1.82) is 0 Å². The number of rotatable bonds is 8. The van der Waals surface area contributed by atoms with Gasteiger partial charge in [0, 0.05) is 50.9 Å². The molecule has 6 nitrogen and oxygen atoms in total. The number of carbonyl (C=O) groups is 2. The highest BCUT2D eigenvalue weighted by Crippen LogP contribution is 2.23. The van der Waals surface area contributed by atoms with Gasteiger partial charge in [-0.2, -0.15) is 0 Å². The van der Waals surface area contributed by atoms with Gasteiger partial charge in [-0.3, -0.25) is 9.59 Å². The molecule has 31 heavy (non-hydrogen) atoms. The maximum absolute atomic E-state index is 12.5. The van der Waals surface area contributed by atoms with Crippen LogP contribution < -0.4 is 15.0 Å². The molecule has 1 heterocycles. The highest BCUT2D eigenvalue weighted by Gasteiger charge is 2.24. The van der Waals surface area contributed by atoms with Crippen molar-refractivity contribution in [1.82, 2.24) is 10.2 Å². The third-order valence-electron chi connectivity index (χ3n) is 5.46. The van der Waals surface area contributed by atoms with Gasteiger partial charge in [0.15, 0.2) is 0 Å². The van der Waals surface area contributed by atoms with Gasteiger partial charge in [-0.25, -0.2) is 0 Å². The van der Waals surface area contributed by atoms with Gasteiger partial charge < -0.3 is 19.9 Å². The Balaban J connectivity index is 1.36. The van der Waals surface area contributed by atoms with Crippen molar-refractivity contribution in [2.45, 2.75) is 31.7 Å². The maximum atomic E-state index is 12.5. The number of anilines is 1. The molecule has 0 bridgehead atoms. The molecule has 1 aliphatic heterocycles. The lowest BCUT2D eigenvalue weighted by Gasteiger charge is -2.32. The molecule has 166 valence electrons. The van der Waals surface area contributed by atoms with Gasteiger partial charge in [0.25, 0.3) is 5.91 Å². The van der Waals surface area contributed by atoms with Gasteiger partial charge >= 0.3 is 0 Å². The quantitative estimate of drug-likeness (QED) is 0.627. The van der Waals surface area contributed by atoms with Crippen molar-refractivity contribution >= 4 is 29.1 Å². The Morgan fingerprint density at radius 3 is 2.42 bits per heavy atom. The molecule has 0 unspecified atom stereocenters. The molecule has 0 spiro atoms. The number of para-hydroxylation sites is 1. The van der Waals surface area contributed by atoms with Crippen LogP contribution in [0.15, 0.2) is 48.5 Å². The Kier molecular flexibility index (Phi) is 8.18. The van der Waals surface area contributed by atoms with E-state index in [1.165, 1.54) is 0 Å². The van der Waals surface area contributed by atoms with E-state index in [4.69, 9.17) is 16.3 Å². The van der Waals surface area contributed by atoms with Crippen molar-refractivity contribution in [2.24, 2.45) is 0 Å². The molecule has 0 radical (unpaired) electrons. The maximum Gasteiger partial charge on any atom is 0.251 e. The van der Waals surface area contributed by atoms with E-state index in [9.17, 15) is 9.59 Å². The van der Waals surface area contributed by atoms with E-state index < -0.39 is 0 Å². The van der Waals surface area contributed by atoms with Gasteiger partial charge in [0.05, 0.1) is 11.6 Å². The van der Waals surface area contributed by atoms with Crippen LogP contribution in [-0.2, 0) is 4.79 Å². The van der Waals surface area contributed by atoms with Crippen molar-refractivity contribution in [2.75, 3.05) is 38.7 Å². The molecule has 0 aliphatic carbocycles. The Morgan fingerprint density at radius 1 is 1.10 bits per heavy atom. The summed E-state index contributed by atoms with van der Waals surface area (Å²) in [5.74, 6) is 0.711. The first kappa shape index (κ1) is 22.9. The fourth-order valence-electron chi connectivity index (χ4n) is 3.58. The average Bonchev–Trinajstić information content (AvgIpc) is 2.78. The number of halogens is 1. The normalized spacial score (nSPS) is 14.2. The number of amides is 2. The molecule has 0 saturated carbocycles. The van der Waals surface area contributed by atoms with Crippen LogP contribution in [0.2, 0.25) is 5.02 Å². The number of nitrogens with one attached hydrogen (secondary N) is 1. The number of nitrogens with zero attached hydrogens (tertiary/aromatic N) is 2. The van der Waals surface area contributed by atoms with Crippen molar-refractivity contribution < 1.29 is 14.3 Å². The number of benzene rings is 2. The molecule has 1 N–H and O–H groups in total. The smallest absolute Gasteiger partial charge is 0.251 e. The van der Waals surface area contributed by atoms with Crippen LogP contribution >= 0.6 is 11.6 Å². The molecule has 2 amide bonds. The fourth-order valence-corrected chi connectivity index (χ4v) is 3.77. The highest BCUT2D eigenvalue weighted by molar-refractivity contribution is 6.32. The van der Waals surface area contributed by atoms with E-state index in [1.807, 2.05) is 66.4 Å². The molecule has 1 saturated heterocycles. The minimum atomic E-state index is -0.0631. The SMILES string of the molecule is CN(C)c1ccc(C(=O)NC2CCN(C(=O)CCCOc3ccccc3Cl)CC2)cc1. The lowest BCUT2D eigenvalue weighted by Crippen LogP contribution is -2.46. The highest BCUT2D eigenvalue weighted by atomic mass is 35.5. The van der Waals surface area contributed by atoms with Crippen LogP contribution in [0.1, 0.15) is 36.0 Å². The zero-order chi connectivity index (χ0) is 22.2. The van der Waals surface area contributed by atoms with E-state index in [0.29, 0.717) is 48.9 Å². The number of likely N-dealkylation sites (tertiary alicyclic amines) is 1. The number of piperidine rings is 1. The van der Waals surface area contributed by atoms with Gasteiger partial charge in [-0.15, -0.1) is 0 Å². The fraction of sp³-hybridized carbons (Fsp3) is 0.417. The summed E-state index contributed by atoms with van der Waals surface area (Å²) in [4.78, 5) is 28.8. The zero-order valence-electron chi connectivity index (χ0n) is 18.1. The molecule has 2 aromatic rings. The van der Waals surface area contributed by atoms with Crippen LogP contribution in [0, 0.1) is 0 Å². The summed E-state index contributed by atoms with van der Waals surface area (Å²) in [5.41, 5.74) is 1.71. The Bertz CT molecular complexity index is 878. The van der Waals surface area contributed by atoms with E-state index in [0.717, 1.165) is 18.5 Å². The molecule has 1 fully saturated rings. The number of carbonyl (C=O) groups excluding carboxylic acids is 2. The molecule has 0 atom stereocenters. The minimum absolute atomic E-state index is 0.0631. The van der Waals surface area contributed by atoms with Crippen LogP contribution in [0.25, 0.3) is 0 Å². The van der Waals surface area contributed by atoms with Crippen molar-refractivity contribution in [3.63, 3.8) is 0 Å². The second-order valence-electron chi connectivity index (χ2n) is 7.95. The first-order valence-corrected chi connectivity index (χ1v) is 11.0. The predicted octanol–water partition coefficient (Wildman–Crippen LogP) is 3.99. The van der Waals surface area contributed by atoms with Crippen LogP contribution in [-0.4, -0.2) is 56.5 Å². The van der Waals surface area contributed by atoms with Crippen LogP contribution in [0.5, 0.6) is 5.75 Å². The summed E-state index contributed by atoms with van der Waals surface area (Å²) in [6, 6.07) is 15.0. The monoisotopic (exact) mass is 443 g/mol. The number of hydrogen-bond acceptors (Lipinski definition) is 4. The molecular formula is C24H30ClN3O3. The van der Waals surface area contributed by atoms with E-state index in [2.05, 4.69) is 5.32 Å². The second kappa shape index (κ2) is 11.0. The molecular weight excluding hydrogens is 414 g/mol. The lowest BCUT2D eigenvalue weighted by atomic mass is 10.0. The van der Waals surface area contributed by atoms with E-state index >= 15 is 0 Å². The van der Waals surface area contributed by atoms with Gasteiger partial charge in [-0.1, -0.05) is 23.7 Å². The van der Waals surface area contributed by atoms with E-state index in [1.54, 1.807) is 6.07 Å². The third-order valence-corrected chi connectivity index (χ3v) is 5.77. The van der Waals surface area contributed by atoms with Gasteiger partial charge in [-0.05, 0) is 55.7 Å². The van der Waals surface area contributed by atoms with Crippen molar-refractivity contribution in [3.8, 4) is 5.75 Å². The predicted molar refractivity (Wildman–Crippen MR) is 124 cm³/mol. The van der Waals surface area contributed by atoms with Gasteiger partial charge in [0.2, 0.25) is 5.91 Å². The average molecular weight is 444 g/mol. The topological polar surface area (TPSA) is 61.9 Å². The first-order chi connectivity index (χ1) is 14.9. The summed E-state index contributed by atoms with van der Waals surface area (Å²) < 4.78 is 5.64. The van der Waals surface area contributed by atoms with Crippen LogP contribution in [0.4, 0.5) is 5.69 Å². The molecule has 2 aromatic carbocycles. The van der Waals surface area contributed by atoms with Crippen LogP contribution in [0.3, 0.4) is 0 Å². The Morgan fingerprint density at radius 2 is 1.77 bits per heavy atom. The first-order valence-electron chi connectivity index (χ1n) is 10.7. The Labute approximate surface area is 189 Å². The summed E-state index contributed by atoms with van der Waals surface area (Å²) in [7, 11) is 3.94. The summed E-state index contributed by atoms with van der Waals surface area (Å²) >= 11 is 6.06.